The van der Waals surface area contributed by atoms with Crippen molar-refractivity contribution < 1.29 is 9.53 Å². The first-order chi connectivity index (χ1) is 13.7. The van der Waals surface area contributed by atoms with E-state index in [-0.39, 0.29) is 11.8 Å². The number of ether oxygens (including phenoxy) is 1. The Balaban J connectivity index is 2.00. The van der Waals surface area contributed by atoms with Crippen LogP contribution in [0.1, 0.15) is 55.7 Å². The van der Waals surface area contributed by atoms with Crippen molar-refractivity contribution >= 4 is 16.8 Å². The van der Waals surface area contributed by atoms with E-state index >= 15 is 0 Å². The third kappa shape index (κ3) is 4.38. The molecule has 0 aliphatic rings. The lowest BCUT2D eigenvalue weighted by Crippen LogP contribution is -2.26. The molecule has 4 nitrogen and oxygen atoms in total. The Morgan fingerprint density at radius 2 is 2.00 bits per heavy atom. The predicted molar refractivity (Wildman–Crippen MR) is 115 cm³/mol. The first-order valence-corrected chi connectivity index (χ1v) is 10.2. The highest BCUT2D eigenvalue weighted by molar-refractivity contribution is 5.88. The standard InChI is InChI=1S/C24H30N2O2/c1-4-6-13-25-23(27)15-21(18-10-7-11-19(14-18)28-3)22-16-26-24-17(5-2)9-8-12-20(22)24/h7-12,14,16,21,26H,4-6,13,15H2,1-3H3,(H,25,27)/t21-/m1/s1. The minimum Gasteiger partial charge on any atom is -0.497 e. The van der Waals surface area contributed by atoms with Crippen molar-refractivity contribution in [1.29, 1.82) is 0 Å². The zero-order valence-electron chi connectivity index (χ0n) is 17.0. The van der Waals surface area contributed by atoms with Crippen molar-refractivity contribution in [2.24, 2.45) is 0 Å². The molecule has 1 aromatic heterocycles. The topological polar surface area (TPSA) is 54.1 Å². The molecule has 0 radical (unpaired) electrons. The Bertz CT molecular complexity index is 929. The van der Waals surface area contributed by atoms with Crippen molar-refractivity contribution in [3.8, 4) is 5.75 Å². The van der Waals surface area contributed by atoms with Gasteiger partial charge in [-0.25, -0.2) is 0 Å². The molecule has 0 saturated carbocycles. The zero-order chi connectivity index (χ0) is 19.9. The summed E-state index contributed by atoms with van der Waals surface area (Å²) in [5.74, 6) is 0.864. The van der Waals surface area contributed by atoms with Gasteiger partial charge in [-0.3, -0.25) is 4.79 Å². The summed E-state index contributed by atoms with van der Waals surface area (Å²) in [6.07, 6.45) is 5.52. The van der Waals surface area contributed by atoms with Crippen molar-refractivity contribution in [3.63, 3.8) is 0 Å². The summed E-state index contributed by atoms with van der Waals surface area (Å²) in [5, 5.41) is 4.25. The van der Waals surface area contributed by atoms with Gasteiger partial charge in [-0.1, -0.05) is 50.6 Å². The van der Waals surface area contributed by atoms with Gasteiger partial charge in [0.2, 0.25) is 5.91 Å². The van der Waals surface area contributed by atoms with E-state index in [2.05, 4.69) is 54.6 Å². The molecule has 0 unspecified atom stereocenters. The van der Waals surface area contributed by atoms with Crippen LogP contribution in [0.25, 0.3) is 10.9 Å². The second-order valence-electron chi connectivity index (χ2n) is 7.17. The van der Waals surface area contributed by atoms with E-state index in [1.165, 1.54) is 16.5 Å². The van der Waals surface area contributed by atoms with E-state index in [0.717, 1.165) is 42.7 Å². The van der Waals surface area contributed by atoms with Crippen LogP contribution in [0.2, 0.25) is 0 Å². The number of amides is 1. The van der Waals surface area contributed by atoms with E-state index < -0.39 is 0 Å². The highest BCUT2D eigenvalue weighted by Crippen LogP contribution is 2.35. The molecule has 0 bridgehead atoms. The number of fused-ring (bicyclic) bond motifs is 1. The fraction of sp³-hybridized carbons (Fsp3) is 0.375. The normalized spacial score (nSPS) is 12.1. The van der Waals surface area contributed by atoms with E-state index in [0.29, 0.717) is 6.42 Å². The van der Waals surface area contributed by atoms with Gasteiger partial charge in [0.05, 0.1) is 7.11 Å². The number of hydrogen-bond donors (Lipinski definition) is 2. The number of carbonyl (C=O) groups excluding carboxylic acids is 1. The van der Waals surface area contributed by atoms with Crippen LogP contribution in [0.5, 0.6) is 5.75 Å². The maximum absolute atomic E-state index is 12.7. The second-order valence-corrected chi connectivity index (χ2v) is 7.17. The highest BCUT2D eigenvalue weighted by Gasteiger charge is 2.22. The SMILES string of the molecule is CCCCNC(=O)C[C@H](c1cccc(OC)c1)c1c[nH]c2c(CC)cccc12. The number of benzene rings is 2. The molecule has 0 spiro atoms. The summed E-state index contributed by atoms with van der Waals surface area (Å²) in [6, 6.07) is 14.4. The van der Waals surface area contributed by atoms with Crippen molar-refractivity contribution in [3.05, 3.63) is 65.4 Å². The Hall–Kier alpha value is -2.75. The van der Waals surface area contributed by atoms with Crippen LogP contribution in [-0.2, 0) is 11.2 Å². The van der Waals surface area contributed by atoms with Gasteiger partial charge in [0.25, 0.3) is 0 Å². The molecule has 2 aromatic carbocycles. The summed E-state index contributed by atoms with van der Waals surface area (Å²) in [7, 11) is 1.67. The largest absolute Gasteiger partial charge is 0.497 e. The number of para-hydroxylation sites is 1. The number of H-pyrrole nitrogens is 1. The molecule has 1 atom stereocenters. The van der Waals surface area contributed by atoms with Gasteiger partial charge in [-0.2, -0.15) is 0 Å². The highest BCUT2D eigenvalue weighted by atomic mass is 16.5. The summed E-state index contributed by atoms with van der Waals surface area (Å²) < 4.78 is 5.42. The fourth-order valence-electron chi connectivity index (χ4n) is 3.75. The molecule has 3 aromatic rings. The first kappa shape index (κ1) is 20.0. The summed E-state index contributed by atoms with van der Waals surface area (Å²) in [6.45, 7) is 5.02. The van der Waals surface area contributed by atoms with E-state index in [1.807, 2.05) is 18.2 Å². The maximum Gasteiger partial charge on any atom is 0.220 e. The van der Waals surface area contributed by atoms with Crippen LogP contribution >= 0.6 is 0 Å². The van der Waals surface area contributed by atoms with Gasteiger partial charge in [-0.05, 0) is 41.7 Å². The van der Waals surface area contributed by atoms with Crippen molar-refractivity contribution in [1.82, 2.24) is 10.3 Å². The Kier molecular flexibility index (Phi) is 6.75. The van der Waals surface area contributed by atoms with Crippen LogP contribution in [0.4, 0.5) is 0 Å². The summed E-state index contributed by atoms with van der Waals surface area (Å²) in [5.41, 5.74) is 4.71. The lowest BCUT2D eigenvalue weighted by atomic mass is 9.87. The van der Waals surface area contributed by atoms with Crippen LogP contribution in [0, 0.1) is 0 Å². The van der Waals surface area contributed by atoms with E-state index in [9.17, 15) is 4.79 Å². The monoisotopic (exact) mass is 378 g/mol. The minimum absolute atomic E-state index is 0.0300. The molecular formula is C24H30N2O2. The molecule has 0 aliphatic heterocycles. The van der Waals surface area contributed by atoms with Gasteiger partial charge in [0.15, 0.2) is 0 Å². The number of aromatic nitrogens is 1. The predicted octanol–water partition coefficient (Wildman–Crippen LogP) is 5.18. The lowest BCUT2D eigenvalue weighted by molar-refractivity contribution is -0.121. The molecule has 2 N–H and O–H groups in total. The lowest BCUT2D eigenvalue weighted by Gasteiger charge is -2.18. The van der Waals surface area contributed by atoms with Crippen molar-refractivity contribution in [2.75, 3.05) is 13.7 Å². The van der Waals surface area contributed by atoms with Gasteiger partial charge in [-0.15, -0.1) is 0 Å². The number of aromatic amines is 1. The van der Waals surface area contributed by atoms with Crippen LogP contribution in [0.3, 0.4) is 0 Å². The second kappa shape index (κ2) is 9.45. The fourth-order valence-corrected chi connectivity index (χ4v) is 3.75. The number of rotatable bonds is 9. The number of hydrogen-bond acceptors (Lipinski definition) is 2. The van der Waals surface area contributed by atoms with Gasteiger partial charge >= 0.3 is 0 Å². The third-order valence-electron chi connectivity index (χ3n) is 5.33. The number of unbranched alkanes of at least 4 members (excludes halogenated alkanes) is 1. The third-order valence-corrected chi connectivity index (χ3v) is 5.33. The van der Waals surface area contributed by atoms with E-state index in [4.69, 9.17) is 4.74 Å². The van der Waals surface area contributed by atoms with Gasteiger partial charge < -0.3 is 15.0 Å². The number of aryl methyl sites for hydroxylation is 1. The molecule has 0 fully saturated rings. The quantitative estimate of drug-likeness (QED) is 0.504. The minimum atomic E-state index is -0.0300. The maximum atomic E-state index is 12.7. The number of carbonyl (C=O) groups is 1. The van der Waals surface area contributed by atoms with Gasteiger partial charge in [0.1, 0.15) is 5.75 Å². The molecule has 1 amide bonds. The molecule has 148 valence electrons. The molecule has 0 saturated heterocycles. The Labute approximate surface area is 167 Å². The molecular weight excluding hydrogens is 348 g/mol. The molecule has 1 heterocycles. The summed E-state index contributed by atoms with van der Waals surface area (Å²) >= 11 is 0. The Morgan fingerprint density at radius 3 is 2.75 bits per heavy atom. The molecule has 3 rings (SSSR count). The zero-order valence-corrected chi connectivity index (χ0v) is 17.0. The number of nitrogens with one attached hydrogen (secondary N) is 2. The molecule has 28 heavy (non-hydrogen) atoms. The first-order valence-electron chi connectivity index (χ1n) is 10.2. The smallest absolute Gasteiger partial charge is 0.220 e. The van der Waals surface area contributed by atoms with Crippen LogP contribution in [-0.4, -0.2) is 24.5 Å². The van der Waals surface area contributed by atoms with Crippen LogP contribution in [0.15, 0.2) is 48.7 Å². The average Bonchev–Trinajstić information content (AvgIpc) is 3.16. The number of methoxy groups -OCH3 is 1. The Morgan fingerprint density at radius 1 is 1.18 bits per heavy atom. The molecule has 0 aliphatic carbocycles. The van der Waals surface area contributed by atoms with E-state index in [1.54, 1.807) is 7.11 Å². The van der Waals surface area contributed by atoms with Crippen molar-refractivity contribution in [2.45, 2.75) is 45.4 Å². The van der Waals surface area contributed by atoms with Gasteiger partial charge in [0, 0.05) is 36.0 Å². The average molecular weight is 379 g/mol. The summed E-state index contributed by atoms with van der Waals surface area (Å²) in [4.78, 5) is 16.1. The molecule has 4 heteroatoms. The van der Waals surface area contributed by atoms with Crippen LogP contribution < -0.4 is 10.1 Å².